The van der Waals surface area contributed by atoms with Gasteiger partial charge in [0.15, 0.2) is 0 Å². The molecule has 24 heavy (non-hydrogen) atoms. The monoisotopic (exact) mass is 358 g/mol. The molecular formula is C17H30N2O4S. The van der Waals surface area contributed by atoms with Crippen molar-refractivity contribution in [1.82, 2.24) is 9.21 Å². The van der Waals surface area contributed by atoms with E-state index in [0.29, 0.717) is 25.2 Å². The number of rotatable bonds is 5. The molecule has 4 rings (SSSR count). The Morgan fingerprint density at radius 2 is 1.79 bits per heavy atom. The van der Waals surface area contributed by atoms with E-state index in [0.717, 1.165) is 58.0 Å². The highest BCUT2D eigenvalue weighted by molar-refractivity contribution is 7.88. The van der Waals surface area contributed by atoms with Crippen LogP contribution >= 0.6 is 0 Å². The second kappa shape index (κ2) is 6.50. The lowest BCUT2D eigenvalue weighted by atomic mass is 9.73. The van der Waals surface area contributed by atoms with Crippen LogP contribution in [0.25, 0.3) is 0 Å². The van der Waals surface area contributed by atoms with Crippen LogP contribution in [0, 0.1) is 5.92 Å². The van der Waals surface area contributed by atoms with Gasteiger partial charge in [0.1, 0.15) is 0 Å². The first-order valence-corrected chi connectivity index (χ1v) is 11.2. The number of hydrogen-bond donors (Lipinski definition) is 0. The van der Waals surface area contributed by atoms with Crippen molar-refractivity contribution < 1.29 is 17.9 Å². The second-order valence-electron chi connectivity index (χ2n) is 8.03. The molecule has 4 aliphatic rings. The van der Waals surface area contributed by atoms with E-state index < -0.39 is 10.0 Å². The molecule has 0 N–H and O–H groups in total. The third kappa shape index (κ3) is 3.26. The van der Waals surface area contributed by atoms with E-state index >= 15 is 0 Å². The van der Waals surface area contributed by atoms with Crippen LogP contribution in [0.4, 0.5) is 0 Å². The Kier molecular flexibility index (Phi) is 4.67. The van der Waals surface area contributed by atoms with Gasteiger partial charge < -0.3 is 9.47 Å². The van der Waals surface area contributed by atoms with Crippen LogP contribution < -0.4 is 0 Å². The lowest BCUT2D eigenvalue weighted by Gasteiger charge is -2.63. The van der Waals surface area contributed by atoms with Gasteiger partial charge in [-0.15, -0.1) is 0 Å². The van der Waals surface area contributed by atoms with Gasteiger partial charge in [0.25, 0.3) is 0 Å². The van der Waals surface area contributed by atoms with E-state index in [-0.39, 0.29) is 5.54 Å². The molecule has 0 bridgehead atoms. The van der Waals surface area contributed by atoms with E-state index in [1.807, 2.05) is 0 Å². The van der Waals surface area contributed by atoms with Gasteiger partial charge in [0.2, 0.25) is 10.0 Å². The third-order valence-corrected chi connectivity index (χ3v) is 7.76. The standard InChI is InChI=1S/C17H30N2O4S/c1-24(20,21)18-8-4-15(5-9-18)19-12-16(23-13-14-2-3-14)17(19)6-10-22-11-7-17/h14-16H,2-13H2,1H3. The fourth-order valence-electron chi connectivity index (χ4n) is 4.68. The SMILES string of the molecule is CS(=O)(=O)N1CCC(N2CC(OCC3CC3)C23CCOCC3)CC1. The van der Waals surface area contributed by atoms with Crippen LogP contribution in [-0.2, 0) is 19.5 Å². The molecule has 0 radical (unpaired) electrons. The van der Waals surface area contributed by atoms with Crippen molar-refractivity contribution in [2.75, 3.05) is 45.7 Å². The van der Waals surface area contributed by atoms with Gasteiger partial charge in [-0.1, -0.05) is 0 Å². The summed E-state index contributed by atoms with van der Waals surface area (Å²) in [4.78, 5) is 2.63. The molecule has 0 aromatic rings. The first kappa shape index (κ1) is 17.2. The van der Waals surface area contributed by atoms with Gasteiger partial charge in [-0.3, -0.25) is 4.90 Å². The zero-order valence-corrected chi connectivity index (χ0v) is 15.5. The molecule has 0 amide bonds. The summed E-state index contributed by atoms with van der Waals surface area (Å²) < 4.78 is 37.0. The van der Waals surface area contributed by atoms with Gasteiger partial charge in [-0.25, -0.2) is 12.7 Å². The number of hydrogen-bond acceptors (Lipinski definition) is 5. The fourth-order valence-corrected chi connectivity index (χ4v) is 5.55. The summed E-state index contributed by atoms with van der Waals surface area (Å²) in [5, 5.41) is 0. The second-order valence-corrected chi connectivity index (χ2v) is 10.0. The predicted molar refractivity (Wildman–Crippen MR) is 91.4 cm³/mol. The van der Waals surface area contributed by atoms with E-state index in [1.54, 1.807) is 4.31 Å². The molecule has 1 aliphatic carbocycles. The minimum Gasteiger partial charge on any atom is -0.381 e. The molecule has 1 atom stereocenters. The number of ether oxygens (including phenoxy) is 2. The van der Waals surface area contributed by atoms with E-state index in [1.165, 1.54) is 19.1 Å². The summed E-state index contributed by atoms with van der Waals surface area (Å²) in [6, 6.07) is 0.488. The maximum absolute atomic E-state index is 11.7. The predicted octanol–water partition coefficient (Wildman–Crippen LogP) is 1.07. The molecule has 1 spiro atoms. The number of nitrogens with zero attached hydrogens (tertiary/aromatic N) is 2. The summed E-state index contributed by atoms with van der Waals surface area (Å²) in [5.41, 5.74) is 0.144. The zero-order valence-electron chi connectivity index (χ0n) is 14.7. The molecule has 1 saturated carbocycles. The molecule has 0 aromatic heterocycles. The van der Waals surface area contributed by atoms with Gasteiger partial charge in [-0.05, 0) is 44.4 Å². The Balaban J connectivity index is 1.39. The molecule has 6 nitrogen and oxygen atoms in total. The average Bonchev–Trinajstić information content (AvgIpc) is 3.38. The summed E-state index contributed by atoms with van der Waals surface area (Å²) in [5.74, 6) is 0.800. The number of likely N-dealkylation sites (tertiary alicyclic amines) is 1. The highest BCUT2D eigenvalue weighted by atomic mass is 32.2. The first-order chi connectivity index (χ1) is 11.5. The Hall–Kier alpha value is -0.210. The molecule has 3 aliphatic heterocycles. The largest absolute Gasteiger partial charge is 0.381 e. The van der Waals surface area contributed by atoms with Crippen molar-refractivity contribution in [3.63, 3.8) is 0 Å². The lowest BCUT2D eigenvalue weighted by Crippen LogP contribution is -2.76. The van der Waals surface area contributed by atoms with Crippen LogP contribution in [0.5, 0.6) is 0 Å². The van der Waals surface area contributed by atoms with Crippen molar-refractivity contribution in [3.05, 3.63) is 0 Å². The molecular weight excluding hydrogens is 328 g/mol. The van der Waals surface area contributed by atoms with Crippen LogP contribution in [-0.4, -0.2) is 81.0 Å². The van der Waals surface area contributed by atoms with Crippen molar-refractivity contribution in [1.29, 1.82) is 0 Å². The lowest BCUT2D eigenvalue weighted by molar-refractivity contribution is -0.217. The van der Waals surface area contributed by atoms with Gasteiger partial charge >= 0.3 is 0 Å². The Morgan fingerprint density at radius 1 is 1.12 bits per heavy atom. The zero-order chi connectivity index (χ0) is 16.8. The Labute approximate surface area is 145 Å². The molecule has 3 heterocycles. The van der Waals surface area contributed by atoms with Gasteiger partial charge in [0.05, 0.1) is 17.9 Å². The Bertz CT molecular complexity index is 549. The van der Waals surface area contributed by atoms with E-state index in [2.05, 4.69) is 4.90 Å². The van der Waals surface area contributed by atoms with Crippen molar-refractivity contribution in [3.8, 4) is 0 Å². The van der Waals surface area contributed by atoms with Gasteiger partial charge in [0, 0.05) is 45.5 Å². The van der Waals surface area contributed by atoms with Crippen LogP contribution in [0.1, 0.15) is 38.5 Å². The summed E-state index contributed by atoms with van der Waals surface area (Å²) >= 11 is 0. The van der Waals surface area contributed by atoms with E-state index in [4.69, 9.17) is 9.47 Å². The molecule has 7 heteroatoms. The van der Waals surface area contributed by atoms with Crippen LogP contribution in [0.3, 0.4) is 0 Å². The molecule has 4 fully saturated rings. The fraction of sp³-hybridized carbons (Fsp3) is 1.00. The van der Waals surface area contributed by atoms with E-state index in [9.17, 15) is 8.42 Å². The molecule has 3 saturated heterocycles. The summed E-state index contributed by atoms with van der Waals surface area (Å²) in [6.07, 6.45) is 8.29. The van der Waals surface area contributed by atoms with Crippen molar-refractivity contribution in [2.24, 2.45) is 5.92 Å². The van der Waals surface area contributed by atoms with Crippen LogP contribution in [0.2, 0.25) is 0 Å². The Morgan fingerprint density at radius 3 is 2.38 bits per heavy atom. The minimum atomic E-state index is -3.05. The maximum atomic E-state index is 11.7. The topological polar surface area (TPSA) is 59.1 Å². The highest BCUT2D eigenvalue weighted by Gasteiger charge is 2.57. The number of sulfonamides is 1. The van der Waals surface area contributed by atoms with Crippen LogP contribution in [0.15, 0.2) is 0 Å². The summed E-state index contributed by atoms with van der Waals surface area (Å²) in [7, 11) is -3.05. The molecule has 1 unspecified atom stereocenters. The van der Waals surface area contributed by atoms with Gasteiger partial charge in [-0.2, -0.15) is 0 Å². The molecule has 138 valence electrons. The third-order valence-electron chi connectivity index (χ3n) is 6.46. The summed E-state index contributed by atoms with van der Waals surface area (Å²) in [6.45, 7) is 4.88. The molecule has 0 aromatic carbocycles. The average molecular weight is 359 g/mol. The van der Waals surface area contributed by atoms with Crippen molar-refractivity contribution >= 4 is 10.0 Å². The number of piperidine rings is 1. The maximum Gasteiger partial charge on any atom is 0.211 e. The minimum absolute atomic E-state index is 0.144. The highest BCUT2D eigenvalue weighted by Crippen LogP contribution is 2.45. The first-order valence-electron chi connectivity index (χ1n) is 9.40. The normalized spacial score (nSPS) is 32.8. The smallest absolute Gasteiger partial charge is 0.211 e. The quantitative estimate of drug-likeness (QED) is 0.736. The van der Waals surface area contributed by atoms with Crippen molar-refractivity contribution in [2.45, 2.75) is 56.2 Å².